The Morgan fingerprint density at radius 2 is 1.96 bits per heavy atom. The molecule has 26 heavy (non-hydrogen) atoms. The van der Waals surface area contributed by atoms with Gasteiger partial charge in [0.1, 0.15) is 0 Å². The molecule has 0 radical (unpaired) electrons. The van der Waals surface area contributed by atoms with Crippen molar-refractivity contribution in [3.05, 3.63) is 83.0 Å². The van der Waals surface area contributed by atoms with E-state index in [1.807, 2.05) is 18.2 Å². The molecule has 0 bridgehead atoms. The lowest BCUT2D eigenvalue weighted by molar-refractivity contribution is 0.102. The maximum atomic E-state index is 12.5. The Kier molecular flexibility index (Phi) is 5.78. The zero-order chi connectivity index (χ0) is 18.5. The summed E-state index contributed by atoms with van der Waals surface area (Å²) in [5.41, 5.74) is 2.91. The van der Waals surface area contributed by atoms with Crippen LogP contribution in [0.1, 0.15) is 15.9 Å². The lowest BCUT2D eigenvalue weighted by atomic mass is 10.1. The normalized spacial score (nSPS) is 11.8. The first-order valence-corrected chi connectivity index (χ1v) is 9.32. The lowest BCUT2D eigenvalue weighted by Gasteiger charge is -2.10. The van der Waals surface area contributed by atoms with Crippen molar-refractivity contribution in [2.24, 2.45) is 0 Å². The van der Waals surface area contributed by atoms with E-state index in [0.717, 1.165) is 0 Å². The first kappa shape index (κ1) is 18.3. The number of nitrogens with zero attached hydrogens (tertiary/aromatic N) is 1. The van der Waals surface area contributed by atoms with Crippen molar-refractivity contribution in [1.82, 2.24) is 4.98 Å². The topological polar surface area (TPSA) is 82.1 Å². The summed E-state index contributed by atoms with van der Waals surface area (Å²) < 4.78 is 21.7. The van der Waals surface area contributed by atoms with Gasteiger partial charge in [-0.05, 0) is 48.0 Å². The van der Waals surface area contributed by atoms with Crippen LogP contribution >= 0.6 is 11.6 Å². The number of benzene rings is 2. The molecule has 1 amide bonds. The number of carbonyl (C=O) groups is 1. The van der Waals surface area contributed by atoms with Gasteiger partial charge in [0.05, 0.1) is 10.7 Å². The van der Waals surface area contributed by atoms with E-state index in [9.17, 15) is 13.6 Å². The summed E-state index contributed by atoms with van der Waals surface area (Å²) in [4.78, 5) is 16.7. The first-order chi connectivity index (χ1) is 12.5. The van der Waals surface area contributed by atoms with Crippen molar-refractivity contribution >= 4 is 34.3 Å². The Balaban J connectivity index is 1.83. The average molecular weight is 386 g/mol. The molecule has 0 aliphatic heterocycles. The van der Waals surface area contributed by atoms with Gasteiger partial charge >= 0.3 is 0 Å². The summed E-state index contributed by atoms with van der Waals surface area (Å²) in [7, 11) is 0. The summed E-state index contributed by atoms with van der Waals surface area (Å²) in [6.45, 7) is 0. The van der Waals surface area contributed by atoms with E-state index in [1.54, 1.807) is 48.7 Å². The second-order valence-corrected chi connectivity index (χ2v) is 6.82. The Morgan fingerprint density at radius 3 is 2.69 bits per heavy atom. The third-order valence-electron chi connectivity index (χ3n) is 3.64. The number of hydrogen-bond acceptors (Lipinski definition) is 4. The number of hydrogen-bond donors (Lipinski definition) is 1. The number of amides is 1. The molecular weight excluding hydrogens is 372 g/mol. The number of nitrogens with one attached hydrogen (secondary N) is 1. The number of halogens is 1. The third-order valence-corrected chi connectivity index (χ3v) is 4.54. The number of pyridine rings is 1. The molecule has 0 aliphatic carbocycles. The largest absolute Gasteiger partial charge is 0.772 e. The van der Waals surface area contributed by atoms with Crippen molar-refractivity contribution in [3.63, 3.8) is 0 Å². The zero-order valence-electron chi connectivity index (χ0n) is 13.5. The van der Waals surface area contributed by atoms with Crippen LogP contribution in [0.3, 0.4) is 0 Å². The third kappa shape index (κ3) is 4.54. The van der Waals surface area contributed by atoms with Gasteiger partial charge in [0.2, 0.25) is 0 Å². The summed E-state index contributed by atoms with van der Waals surface area (Å²) in [6.07, 6.45) is 1.67. The van der Waals surface area contributed by atoms with E-state index in [4.69, 9.17) is 11.6 Å². The molecule has 1 atom stereocenters. The van der Waals surface area contributed by atoms with Crippen LogP contribution in [-0.4, -0.2) is 19.7 Å². The molecule has 0 aliphatic rings. The Hall–Kier alpha value is -2.54. The van der Waals surface area contributed by atoms with Gasteiger partial charge < -0.3 is 9.87 Å². The van der Waals surface area contributed by atoms with Crippen LogP contribution in [0.5, 0.6) is 0 Å². The minimum absolute atomic E-state index is 0.133. The Morgan fingerprint density at radius 1 is 1.12 bits per heavy atom. The highest BCUT2D eigenvalue weighted by Crippen LogP contribution is 2.29. The molecule has 0 saturated carbocycles. The molecule has 1 aromatic heterocycles. The first-order valence-electron chi connectivity index (χ1n) is 7.70. The molecule has 3 rings (SSSR count). The molecule has 1 heterocycles. The van der Waals surface area contributed by atoms with Crippen LogP contribution in [0.25, 0.3) is 11.3 Å². The molecule has 0 spiro atoms. The lowest BCUT2D eigenvalue weighted by Crippen LogP contribution is -2.12. The molecule has 1 N–H and O–H groups in total. The van der Waals surface area contributed by atoms with Crippen LogP contribution in [0.4, 0.5) is 5.69 Å². The fourth-order valence-electron chi connectivity index (χ4n) is 2.46. The van der Waals surface area contributed by atoms with Gasteiger partial charge in [0.15, 0.2) is 0 Å². The van der Waals surface area contributed by atoms with E-state index in [2.05, 4.69) is 10.3 Å². The summed E-state index contributed by atoms with van der Waals surface area (Å²) in [6, 6.07) is 17.1. The monoisotopic (exact) mass is 385 g/mol. The standard InChI is InChI=1S/C19H15ClN2O3S/c20-17-8-7-15(11-16(17)18-6-1-2-9-21-18)22-19(23)14-5-3-4-13(10-14)12-26(24)25/h1-11H,12H2,(H,22,23)(H,24,25)/p-1. The maximum Gasteiger partial charge on any atom is 0.255 e. The molecule has 132 valence electrons. The quantitative estimate of drug-likeness (QED) is 0.672. The molecule has 3 aromatic rings. The van der Waals surface area contributed by atoms with Crippen molar-refractivity contribution < 1.29 is 13.6 Å². The fourth-order valence-corrected chi connectivity index (χ4v) is 3.13. The van der Waals surface area contributed by atoms with E-state index < -0.39 is 11.1 Å². The fraction of sp³-hybridized carbons (Fsp3) is 0.0526. The predicted octanol–water partition coefficient (Wildman–Crippen LogP) is 4.03. The van der Waals surface area contributed by atoms with Gasteiger partial charge in [-0.15, -0.1) is 0 Å². The van der Waals surface area contributed by atoms with Gasteiger partial charge in [-0.2, -0.15) is 0 Å². The average Bonchev–Trinajstić information content (AvgIpc) is 2.63. The van der Waals surface area contributed by atoms with E-state index in [0.29, 0.717) is 33.1 Å². The van der Waals surface area contributed by atoms with Crippen molar-refractivity contribution in [2.45, 2.75) is 5.75 Å². The van der Waals surface area contributed by atoms with Crippen molar-refractivity contribution in [2.75, 3.05) is 5.32 Å². The van der Waals surface area contributed by atoms with Crippen LogP contribution in [0, 0.1) is 0 Å². The van der Waals surface area contributed by atoms with Gasteiger partial charge in [0.25, 0.3) is 5.91 Å². The molecule has 5 nitrogen and oxygen atoms in total. The highest BCUT2D eigenvalue weighted by molar-refractivity contribution is 7.78. The summed E-state index contributed by atoms with van der Waals surface area (Å²) in [5, 5.41) is 3.33. The highest BCUT2D eigenvalue weighted by atomic mass is 35.5. The molecule has 7 heteroatoms. The number of carbonyl (C=O) groups excluding carboxylic acids is 1. The van der Waals surface area contributed by atoms with Gasteiger partial charge in [-0.3, -0.25) is 14.0 Å². The Bertz CT molecular complexity index is 964. The summed E-state index contributed by atoms with van der Waals surface area (Å²) in [5.74, 6) is -0.468. The van der Waals surface area contributed by atoms with Crippen LogP contribution in [-0.2, 0) is 16.8 Å². The minimum atomic E-state index is -2.21. The zero-order valence-corrected chi connectivity index (χ0v) is 15.1. The predicted molar refractivity (Wildman–Crippen MR) is 102 cm³/mol. The van der Waals surface area contributed by atoms with Gasteiger partial charge in [-0.25, -0.2) is 0 Å². The maximum absolute atomic E-state index is 12.5. The number of aromatic nitrogens is 1. The van der Waals surface area contributed by atoms with Crippen LogP contribution in [0.2, 0.25) is 5.02 Å². The van der Waals surface area contributed by atoms with Crippen molar-refractivity contribution in [1.29, 1.82) is 0 Å². The summed E-state index contributed by atoms with van der Waals surface area (Å²) >= 11 is 4.04. The van der Waals surface area contributed by atoms with E-state index in [1.165, 1.54) is 0 Å². The number of rotatable bonds is 5. The molecule has 0 fully saturated rings. The van der Waals surface area contributed by atoms with Crippen LogP contribution < -0.4 is 5.32 Å². The van der Waals surface area contributed by atoms with E-state index >= 15 is 0 Å². The highest BCUT2D eigenvalue weighted by Gasteiger charge is 2.10. The number of anilines is 1. The molecule has 0 saturated heterocycles. The van der Waals surface area contributed by atoms with Gasteiger partial charge in [0, 0.05) is 28.8 Å². The van der Waals surface area contributed by atoms with Crippen molar-refractivity contribution in [3.8, 4) is 11.3 Å². The second kappa shape index (κ2) is 8.23. The smallest absolute Gasteiger partial charge is 0.255 e. The molecular formula is C19H14ClN2O3S-. The van der Waals surface area contributed by atoms with E-state index in [-0.39, 0.29) is 11.7 Å². The minimum Gasteiger partial charge on any atom is -0.772 e. The second-order valence-electron chi connectivity index (χ2n) is 5.51. The Labute approximate surface area is 158 Å². The molecule has 1 unspecified atom stereocenters. The van der Waals surface area contributed by atoms with Crippen LogP contribution in [0.15, 0.2) is 66.9 Å². The van der Waals surface area contributed by atoms with Gasteiger partial charge in [-0.1, -0.05) is 40.9 Å². The molecule has 2 aromatic carbocycles. The SMILES string of the molecule is O=C(Nc1ccc(Cl)c(-c2ccccn2)c1)c1cccc(CS(=O)[O-])c1.